The van der Waals surface area contributed by atoms with E-state index in [0.29, 0.717) is 5.69 Å². The smallest absolute Gasteiger partial charge is 0.258 e. The van der Waals surface area contributed by atoms with Crippen LogP contribution in [0.3, 0.4) is 0 Å². The van der Waals surface area contributed by atoms with Crippen LogP contribution in [-0.2, 0) is 0 Å². The Hall–Kier alpha value is -2.54. The lowest BCUT2D eigenvalue weighted by Crippen LogP contribution is -2.44. The van der Waals surface area contributed by atoms with E-state index in [1.165, 1.54) is 6.20 Å². The molecule has 1 fully saturated rings. The number of amides is 1. The largest absolute Gasteiger partial charge is 0.354 e. The van der Waals surface area contributed by atoms with Crippen molar-refractivity contribution in [1.29, 1.82) is 0 Å². The molecule has 1 amide bonds. The van der Waals surface area contributed by atoms with Gasteiger partial charge in [0, 0.05) is 26.2 Å². The molecule has 0 saturated carbocycles. The number of nitrogens with one attached hydrogen (secondary N) is 1. The Morgan fingerprint density at radius 2 is 1.88 bits per heavy atom. The molecule has 3 rings (SSSR count). The molecule has 1 N–H and O–H groups in total. The van der Waals surface area contributed by atoms with Crippen LogP contribution < -0.4 is 10.2 Å². The Kier molecular flexibility index (Phi) is 4.71. The second kappa shape index (κ2) is 6.92. The van der Waals surface area contributed by atoms with Crippen molar-refractivity contribution in [3.8, 4) is 0 Å². The molecule has 0 atom stereocenters. The average Bonchev–Trinajstić information content (AvgIpc) is 2.58. The summed E-state index contributed by atoms with van der Waals surface area (Å²) in [7, 11) is 2.08. The van der Waals surface area contributed by atoms with Crippen molar-refractivity contribution < 1.29 is 13.6 Å². The van der Waals surface area contributed by atoms with E-state index in [9.17, 15) is 13.6 Å². The number of aromatic nitrogens is 1. The Morgan fingerprint density at radius 1 is 1.12 bits per heavy atom. The number of pyridine rings is 1. The quantitative estimate of drug-likeness (QED) is 0.937. The van der Waals surface area contributed by atoms with Crippen LogP contribution in [0.25, 0.3) is 0 Å². The van der Waals surface area contributed by atoms with Gasteiger partial charge in [0.15, 0.2) is 0 Å². The maximum Gasteiger partial charge on any atom is 0.258 e. The van der Waals surface area contributed by atoms with Gasteiger partial charge in [-0.3, -0.25) is 4.79 Å². The van der Waals surface area contributed by atoms with E-state index in [1.807, 2.05) is 6.07 Å². The molecule has 24 heavy (non-hydrogen) atoms. The molecule has 0 unspecified atom stereocenters. The number of likely N-dealkylation sites (N-methyl/N-ethyl adjacent to an activating group) is 1. The van der Waals surface area contributed by atoms with Gasteiger partial charge >= 0.3 is 0 Å². The molecule has 1 aliphatic heterocycles. The molecule has 5 nitrogen and oxygen atoms in total. The van der Waals surface area contributed by atoms with Gasteiger partial charge in [-0.25, -0.2) is 13.8 Å². The third kappa shape index (κ3) is 3.68. The summed E-state index contributed by atoms with van der Waals surface area (Å²) < 4.78 is 26.8. The summed E-state index contributed by atoms with van der Waals surface area (Å²) in [4.78, 5) is 20.8. The molecule has 0 radical (unpaired) electrons. The lowest BCUT2D eigenvalue weighted by molar-refractivity contribution is 0.102. The van der Waals surface area contributed by atoms with E-state index < -0.39 is 17.5 Å². The second-order valence-corrected chi connectivity index (χ2v) is 5.77. The van der Waals surface area contributed by atoms with Gasteiger partial charge in [-0.2, -0.15) is 0 Å². The number of benzene rings is 1. The Labute approximate surface area is 138 Å². The van der Waals surface area contributed by atoms with Crippen LogP contribution >= 0.6 is 0 Å². The average molecular weight is 332 g/mol. The van der Waals surface area contributed by atoms with E-state index >= 15 is 0 Å². The van der Waals surface area contributed by atoms with Crippen LogP contribution in [-0.4, -0.2) is 49.0 Å². The monoisotopic (exact) mass is 332 g/mol. The third-order valence-electron chi connectivity index (χ3n) is 4.01. The zero-order valence-electron chi connectivity index (χ0n) is 13.3. The predicted molar refractivity (Wildman–Crippen MR) is 88.3 cm³/mol. The van der Waals surface area contributed by atoms with Gasteiger partial charge in [0.05, 0.1) is 17.4 Å². The number of anilines is 2. The highest BCUT2D eigenvalue weighted by Gasteiger charge is 2.16. The number of piperazine rings is 1. The molecule has 126 valence electrons. The third-order valence-corrected chi connectivity index (χ3v) is 4.01. The van der Waals surface area contributed by atoms with Crippen molar-refractivity contribution in [3.63, 3.8) is 0 Å². The summed E-state index contributed by atoms with van der Waals surface area (Å²) in [6, 6.07) is 6.28. The molecule has 2 aromatic rings. The summed E-state index contributed by atoms with van der Waals surface area (Å²) in [5.41, 5.74) is 0.0969. The summed E-state index contributed by atoms with van der Waals surface area (Å²) in [5, 5.41) is 2.53. The minimum Gasteiger partial charge on any atom is -0.354 e. The van der Waals surface area contributed by atoms with Crippen molar-refractivity contribution in [3.05, 3.63) is 53.7 Å². The normalized spacial score (nSPS) is 15.4. The van der Waals surface area contributed by atoms with Gasteiger partial charge in [-0.15, -0.1) is 0 Å². The van der Waals surface area contributed by atoms with E-state index in [4.69, 9.17) is 0 Å². The van der Waals surface area contributed by atoms with Crippen LogP contribution in [0.15, 0.2) is 36.5 Å². The van der Waals surface area contributed by atoms with Gasteiger partial charge in [0.1, 0.15) is 17.5 Å². The van der Waals surface area contributed by atoms with Crippen LogP contribution in [0, 0.1) is 11.6 Å². The first-order valence-corrected chi connectivity index (χ1v) is 7.69. The topological polar surface area (TPSA) is 48.5 Å². The lowest BCUT2D eigenvalue weighted by atomic mass is 10.2. The van der Waals surface area contributed by atoms with E-state index in [-0.39, 0.29) is 5.56 Å². The van der Waals surface area contributed by atoms with Crippen molar-refractivity contribution in [2.45, 2.75) is 0 Å². The highest BCUT2D eigenvalue weighted by atomic mass is 19.1. The van der Waals surface area contributed by atoms with Crippen molar-refractivity contribution in [2.24, 2.45) is 0 Å². The zero-order chi connectivity index (χ0) is 17.1. The molecular formula is C17H18F2N4O. The molecule has 2 heterocycles. The molecule has 0 bridgehead atoms. The molecule has 7 heteroatoms. The number of rotatable bonds is 3. The summed E-state index contributed by atoms with van der Waals surface area (Å²) in [6.07, 6.45) is 1.52. The van der Waals surface area contributed by atoms with Crippen molar-refractivity contribution in [1.82, 2.24) is 9.88 Å². The molecule has 1 aromatic heterocycles. The highest BCUT2D eigenvalue weighted by Crippen LogP contribution is 2.17. The van der Waals surface area contributed by atoms with Gasteiger partial charge in [-0.1, -0.05) is 0 Å². The predicted octanol–water partition coefficient (Wildman–Crippen LogP) is 2.36. The first-order valence-electron chi connectivity index (χ1n) is 7.69. The number of carbonyl (C=O) groups excluding carboxylic acids is 1. The van der Waals surface area contributed by atoms with Gasteiger partial charge in [-0.05, 0) is 37.4 Å². The van der Waals surface area contributed by atoms with Crippen LogP contribution in [0.4, 0.5) is 20.3 Å². The standard InChI is InChI=1S/C17H18F2N4O/c1-22-6-8-23(9-7-22)16-5-3-13(11-20-16)21-17(24)14-10-12(18)2-4-15(14)19/h2-5,10-11H,6-9H2,1H3,(H,21,24). The van der Waals surface area contributed by atoms with Gasteiger partial charge in [0.25, 0.3) is 5.91 Å². The fraction of sp³-hybridized carbons (Fsp3) is 0.294. The van der Waals surface area contributed by atoms with Crippen molar-refractivity contribution in [2.75, 3.05) is 43.4 Å². The van der Waals surface area contributed by atoms with Gasteiger partial charge in [0.2, 0.25) is 0 Å². The molecule has 0 aliphatic carbocycles. The summed E-state index contributed by atoms with van der Waals surface area (Å²) in [6.45, 7) is 3.73. The minimum atomic E-state index is -0.768. The van der Waals surface area contributed by atoms with Crippen LogP contribution in [0.2, 0.25) is 0 Å². The number of nitrogens with zero attached hydrogens (tertiary/aromatic N) is 3. The summed E-state index contributed by atoms with van der Waals surface area (Å²) >= 11 is 0. The molecule has 1 saturated heterocycles. The minimum absolute atomic E-state index is 0.335. The first-order chi connectivity index (χ1) is 11.5. The maximum atomic E-state index is 13.6. The molecular weight excluding hydrogens is 314 g/mol. The Balaban J connectivity index is 1.68. The molecule has 0 spiro atoms. The number of hydrogen-bond donors (Lipinski definition) is 1. The Bertz CT molecular complexity index is 728. The maximum absolute atomic E-state index is 13.6. The van der Waals surface area contributed by atoms with Crippen molar-refractivity contribution >= 4 is 17.4 Å². The van der Waals surface area contributed by atoms with E-state index in [2.05, 4.69) is 27.1 Å². The fourth-order valence-corrected chi connectivity index (χ4v) is 2.55. The number of halogens is 2. The summed E-state index contributed by atoms with van der Waals surface area (Å²) in [5.74, 6) is -1.31. The van der Waals surface area contributed by atoms with Crippen LogP contribution in [0.5, 0.6) is 0 Å². The van der Waals surface area contributed by atoms with E-state index in [1.54, 1.807) is 6.07 Å². The first kappa shape index (κ1) is 16.3. The zero-order valence-corrected chi connectivity index (χ0v) is 13.3. The van der Waals surface area contributed by atoms with E-state index in [0.717, 1.165) is 50.2 Å². The SMILES string of the molecule is CN1CCN(c2ccc(NC(=O)c3cc(F)ccc3F)cn2)CC1. The second-order valence-electron chi connectivity index (χ2n) is 5.77. The Morgan fingerprint density at radius 3 is 2.54 bits per heavy atom. The van der Waals surface area contributed by atoms with Gasteiger partial charge < -0.3 is 15.1 Å². The lowest BCUT2D eigenvalue weighted by Gasteiger charge is -2.33. The van der Waals surface area contributed by atoms with Crippen LogP contribution in [0.1, 0.15) is 10.4 Å². The number of carbonyl (C=O) groups is 1. The molecule has 1 aliphatic rings. The number of hydrogen-bond acceptors (Lipinski definition) is 4. The highest BCUT2D eigenvalue weighted by molar-refractivity contribution is 6.04. The molecule has 1 aromatic carbocycles. The fourth-order valence-electron chi connectivity index (χ4n) is 2.55.